The summed E-state index contributed by atoms with van der Waals surface area (Å²) in [5.74, 6) is -1.78. The Labute approximate surface area is 138 Å². The number of hydrogen-bond acceptors (Lipinski definition) is 5. The normalized spacial score (nSPS) is 12.1. The molecule has 3 rings (SSSR count). The zero-order valence-electron chi connectivity index (χ0n) is 11.9. The molecule has 2 heterocycles. The molecule has 2 aromatic heterocycles. The van der Waals surface area contributed by atoms with Crippen molar-refractivity contribution in [3.63, 3.8) is 0 Å². The highest BCUT2D eigenvalue weighted by atomic mass is 32.1. The second-order valence-corrected chi connectivity index (χ2v) is 6.70. The maximum atomic E-state index is 13.7. The van der Waals surface area contributed by atoms with Crippen LogP contribution in [0.15, 0.2) is 35.7 Å². The van der Waals surface area contributed by atoms with Gasteiger partial charge in [0.1, 0.15) is 11.6 Å². The van der Waals surface area contributed by atoms with Crippen molar-refractivity contribution in [2.24, 2.45) is 0 Å². The first-order valence-electron chi connectivity index (χ1n) is 6.68. The number of rotatable bonds is 4. The fraction of sp³-hybridized carbons (Fsp3) is 0.133. The highest BCUT2D eigenvalue weighted by Crippen LogP contribution is 2.27. The maximum Gasteiger partial charge on any atom is 0.282 e. The van der Waals surface area contributed by atoms with E-state index in [-0.39, 0.29) is 27.5 Å². The molecule has 0 saturated heterocycles. The molecule has 0 saturated carbocycles. The van der Waals surface area contributed by atoms with Crippen molar-refractivity contribution < 1.29 is 13.6 Å². The van der Waals surface area contributed by atoms with Crippen LogP contribution >= 0.6 is 22.7 Å². The second kappa shape index (κ2) is 6.51. The molecule has 0 radical (unpaired) electrons. The molecule has 8 heteroatoms. The molecule has 4 nitrogen and oxygen atoms in total. The first-order valence-corrected chi connectivity index (χ1v) is 8.37. The minimum absolute atomic E-state index is 0.120. The van der Waals surface area contributed by atoms with Crippen LogP contribution in [0.4, 0.5) is 8.78 Å². The number of carbonyl (C=O) groups excluding carboxylic acids is 1. The second-order valence-electron chi connectivity index (χ2n) is 4.75. The molecule has 1 amide bonds. The molecule has 0 spiro atoms. The van der Waals surface area contributed by atoms with E-state index >= 15 is 0 Å². The third kappa shape index (κ3) is 3.43. The highest BCUT2D eigenvalue weighted by Gasteiger charge is 2.18. The SMILES string of the molecule is C[C@@H](NC(=O)c1nnc(-c2ccc(F)cc2F)s1)c1cccs1. The summed E-state index contributed by atoms with van der Waals surface area (Å²) in [6.07, 6.45) is 0. The molecule has 118 valence electrons. The van der Waals surface area contributed by atoms with Gasteiger partial charge >= 0.3 is 0 Å². The van der Waals surface area contributed by atoms with Crippen molar-refractivity contribution in [3.8, 4) is 10.6 Å². The van der Waals surface area contributed by atoms with Gasteiger partial charge in [-0.05, 0) is 30.5 Å². The maximum absolute atomic E-state index is 13.7. The van der Waals surface area contributed by atoms with Crippen molar-refractivity contribution in [2.75, 3.05) is 0 Å². The molecule has 0 aliphatic heterocycles. The standard InChI is InChI=1S/C15H11F2N3OS2/c1-8(12-3-2-6-22-12)18-13(21)15-20-19-14(23-15)10-5-4-9(16)7-11(10)17/h2-8H,1H3,(H,18,21)/t8-/m1/s1. The summed E-state index contributed by atoms with van der Waals surface area (Å²) in [4.78, 5) is 13.2. The molecule has 0 bridgehead atoms. The van der Waals surface area contributed by atoms with Gasteiger partial charge in [-0.1, -0.05) is 17.4 Å². The van der Waals surface area contributed by atoms with Gasteiger partial charge in [-0.2, -0.15) is 0 Å². The first-order chi connectivity index (χ1) is 11.0. The molecule has 0 aliphatic rings. The first kappa shape index (κ1) is 15.7. The summed E-state index contributed by atoms with van der Waals surface area (Å²) >= 11 is 2.50. The van der Waals surface area contributed by atoms with Crippen LogP contribution in [0.1, 0.15) is 27.6 Å². The Hall–Kier alpha value is -2.19. The number of carbonyl (C=O) groups is 1. The largest absolute Gasteiger partial charge is 0.343 e. The van der Waals surface area contributed by atoms with E-state index < -0.39 is 11.6 Å². The summed E-state index contributed by atoms with van der Waals surface area (Å²) in [6, 6.07) is 6.87. The quantitative estimate of drug-likeness (QED) is 0.772. The van der Waals surface area contributed by atoms with Crippen molar-refractivity contribution in [2.45, 2.75) is 13.0 Å². The van der Waals surface area contributed by atoms with E-state index in [1.165, 1.54) is 6.07 Å². The zero-order valence-corrected chi connectivity index (χ0v) is 13.5. The van der Waals surface area contributed by atoms with Gasteiger partial charge in [0.15, 0.2) is 5.01 Å². The van der Waals surface area contributed by atoms with Gasteiger partial charge in [0, 0.05) is 16.5 Å². The van der Waals surface area contributed by atoms with E-state index in [9.17, 15) is 13.6 Å². The Bertz CT molecular complexity index is 833. The van der Waals surface area contributed by atoms with Crippen LogP contribution < -0.4 is 5.32 Å². The van der Waals surface area contributed by atoms with Gasteiger partial charge in [0.25, 0.3) is 5.91 Å². The molecular weight excluding hydrogens is 340 g/mol. The number of amides is 1. The number of nitrogens with zero attached hydrogens (tertiary/aromatic N) is 2. The van der Waals surface area contributed by atoms with Gasteiger partial charge in [-0.15, -0.1) is 21.5 Å². The van der Waals surface area contributed by atoms with E-state index in [0.717, 1.165) is 28.3 Å². The van der Waals surface area contributed by atoms with Crippen LogP contribution in [-0.2, 0) is 0 Å². The Kier molecular flexibility index (Phi) is 4.44. The van der Waals surface area contributed by atoms with Crippen LogP contribution in [0.3, 0.4) is 0 Å². The Morgan fingerprint density at radius 1 is 1.26 bits per heavy atom. The summed E-state index contributed by atoms with van der Waals surface area (Å²) in [7, 11) is 0. The topological polar surface area (TPSA) is 54.9 Å². The van der Waals surface area contributed by atoms with Gasteiger partial charge in [0.05, 0.1) is 6.04 Å². The van der Waals surface area contributed by atoms with E-state index in [0.29, 0.717) is 0 Å². The third-order valence-corrected chi connectivity index (χ3v) is 5.11. The minimum atomic E-state index is -0.736. The van der Waals surface area contributed by atoms with Crippen molar-refractivity contribution in [1.82, 2.24) is 15.5 Å². The monoisotopic (exact) mass is 351 g/mol. The van der Waals surface area contributed by atoms with Crippen LogP contribution in [0.2, 0.25) is 0 Å². The van der Waals surface area contributed by atoms with Gasteiger partial charge in [-0.25, -0.2) is 8.78 Å². The fourth-order valence-corrected chi connectivity index (χ4v) is 3.46. The van der Waals surface area contributed by atoms with Crippen molar-refractivity contribution in [3.05, 3.63) is 57.2 Å². The lowest BCUT2D eigenvalue weighted by atomic mass is 10.2. The molecule has 1 N–H and O–H groups in total. The Morgan fingerprint density at radius 2 is 2.09 bits per heavy atom. The predicted molar refractivity (Wildman–Crippen MR) is 85.5 cm³/mol. The van der Waals surface area contributed by atoms with Crippen LogP contribution in [0, 0.1) is 11.6 Å². The smallest absolute Gasteiger partial charge is 0.282 e. The molecule has 1 atom stereocenters. The average molecular weight is 351 g/mol. The molecule has 3 aromatic rings. The zero-order chi connectivity index (χ0) is 16.4. The number of halogens is 2. The predicted octanol–water partition coefficient (Wildman–Crippen LogP) is 4.04. The molecule has 1 aromatic carbocycles. The number of benzene rings is 1. The molecule has 0 fully saturated rings. The number of thiophene rings is 1. The van der Waals surface area contributed by atoms with Gasteiger partial charge < -0.3 is 5.32 Å². The van der Waals surface area contributed by atoms with Gasteiger partial charge in [0.2, 0.25) is 5.01 Å². The summed E-state index contributed by atoms with van der Waals surface area (Å²) in [6.45, 7) is 1.87. The van der Waals surface area contributed by atoms with Crippen molar-refractivity contribution >= 4 is 28.6 Å². The Morgan fingerprint density at radius 3 is 2.78 bits per heavy atom. The number of aromatic nitrogens is 2. The highest BCUT2D eigenvalue weighted by molar-refractivity contribution is 7.16. The fourth-order valence-electron chi connectivity index (χ4n) is 1.95. The third-order valence-electron chi connectivity index (χ3n) is 3.10. The average Bonchev–Trinajstić information content (AvgIpc) is 3.19. The summed E-state index contributed by atoms with van der Waals surface area (Å²) in [5.41, 5.74) is 0.120. The molecule has 23 heavy (non-hydrogen) atoms. The number of nitrogens with one attached hydrogen (secondary N) is 1. The van der Waals surface area contributed by atoms with Crippen molar-refractivity contribution in [1.29, 1.82) is 0 Å². The minimum Gasteiger partial charge on any atom is -0.343 e. The Balaban J connectivity index is 1.77. The number of hydrogen-bond donors (Lipinski definition) is 1. The molecule has 0 aliphatic carbocycles. The van der Waals surface area contributed by atoms with E-state index in [1.54, 1.807) is 11.3 Å². The van der Waals surface area contributed by atoms with Crippen LogP contribution in [0.25, 0.3) is 10.6 Å². The van der Waals surface area contributed by atoms with E-state index in [4.69, 9.17) is 0 Å². The molecule has 0 unspecified atom stereocenters. The van der Waals surface area contributed by atoms with Crippen LogP contribution in [-0.4, -0.2) is 16.1 Å². The molecular formula is C15H11F2N3OS2. The van der Waals surface area contributed by atoms with E-state index in [1.807, 2.05) is 24.4 Å². The lowest BCUT2D eigenvalue weighted by molar-refractivity contribution is 0.0939. The summed E-state index contributed by atoms with van der Waals surface area (Å²) in [5, 5.41) is 12.7. The van der Waals surface area contributed by atoms with Gasteiger partial charge in [-0.3, -0.25) is 4.79 Å². The lowest BCUT2D eigenvalue weighted by Gasteiger charge is -2.10. The lowest BCUT2D eigenvalue weighted by Crippen LogP contribution is -2.25. The van der Waals surface area contributed by atoms with Crippen LogP contribution in [0.5, 0.6) is 0 Å². The van der Waals surface area contributed by atoms with E-state index in [2.05, 4.69) is 15.5 Å². The summed E-state index contributed by atoms with van der Waals surface area (Å²) < 4.78 is 26.7.